The molecule has 4 saturated heterocycles. The zero-order valence-corrected chi connectivity index (χ0v) is 67.5. The molecule has 7 N–H and O–H groups in total. The lowest BCUT2D eigenvalue weighted by atomic mass is 9.95. The summed E-state index contributed by atoms with van der Waals surface area (Å²) in [5.74, 6) is 2.24. The Labute approximate surface area is 671 Å². The Morgan fingerprint density at radius 3 is 1.30 bits per heavy atom. The minimum atomic E-state index is -0.844. The van der Waals surface area contributed by atoms with Gasteiger partial charge in [0.25, 0.3) is 5.91 Å². The van der Waals surface area contributed by atoms with Crippen molar-refractivity contribution in [2.24, 2.45) is 11.8 Å². The maximum absolute atomic E-state index is 13.8. The van der Waals surface area contributed by atoms with Crippen LogP contribution in [0.2, 0.25) is 0 Å². The van der Waals surface area contributed by atoms with Crippen LogP contribution in [0.15, 0.2) is 163 Å². The highest BCUT2D eigenvalue weighted by atomic mass is 32.1. The highest BCUT2D eigenvalue weighted by molar-refractivity contribution is 7.08. The predicted molar refractivity (Wildman–Crippen MR) is 441 cm³/mol. The van der Waals surface area contributed by atoms with E-state index < -0.39 is 47.5 Å². The number of hydrogen-bond donors (Lipinski definition) is 7. The zero-order valence-electron chi connectivity index (χ0n) is 66.7. The number of carbonyl (C=O) groups excluding carboxylic acids is 7. The van der Waals surface area contributed by atoms with E-state index in [9.17, 15) is 33.6 Å². The number of nitrogens with one attached hydrogen (secondary N) is 7. The smallest absolute Gasteiger partial charge is 0.410 e. The largest absolute Gasteiger partial charge is 0.453 e. The van der Waals surface area contributed by atoms with Crippen LogP contribution in [-0.4, -0.2) is 167 Å². The topological polar surface area (TPSA) is 320 Å². The van der Waals surface area contributed by atoms with Crippen LogP contribution >= 0.6 is 11.3 Å². The number of nitrogens with zero attached hydrogens (tertiary/aromatic N) is 8. The van der Waals surface area contributed by atoms with Gasteiger partial charge in [0.15, 0.2) is 0 Å². The number of ether oxygens (including phenoxy) is 4. The summed E-state index contributed by atoms with van der Waals surface area (Å²) < 4.78 is 20.0. The molecule has 0 bridgehead atoms. The van der Waals surface area contributed by atoms with Gasteiger partial charge < -0.3 is 69.5 Å². The Morgan fingerprint density at radius 1 is 0.461 bits per heavy atom. The lowest BCUT2D eigenvalue weighted by Crippen LogP contribution is -2.55. The van der Waals surface area contributed by atoms with E-state index in [0.717, 1.165) is 157 Å². The molecule has 0 radical (unpaired) electrons. The van der Waals surface area contributed by atoms with Crippen molar-refractivity contribution in [3.05, 3.63) is 192 Å². The van der Waals surface area contributed by atoms with E-state index in [1.54, 1.807) is 9.80 Å². The summed E-state index contributed by atoms with van der Waals surface area (Å²) in [5.41, 5.74) is 11.4. The van der Waals surface area contributed by atoms with Crippen LogP contribution < -0.4 is 16.0 Å². The van der Waals surface area contributed by atoms with Crippen LogP contribution in [0.1, 0.15) is 160 Å². The molecule has 7 atom stereocenters. The van der Waals surface area contributed by atoms with Gasteiger partial charge in [0.1, 0.15) is 47.0 Å². The molecule has 4 aliphatic rings. The van der Waals surface area contributed by atoms with Crippen LogP contribution in [-0.2, 0) is 38.9 Å². The number of fused-ring (bicyclic) bond motifs is 2. The number of amides is 7. The molecule has 4 aliphatic heterocycles. The molecule has 115 heavy (non-hydrogen) atoms. The second-order valence-electron chi connectivity index (χ2n) is 31.8. The van der Waals surface area contributed by atoms with Crippen molar-refractivity contribution in [3.8, 4) is 67.3 Å². The molecule has 0 saturated carbocycles. The first-order chi connectivity index (χ1) is 55.3. The van der Waals surface area contributed by atoms with E-state index in [0.29, 0.717) is 37.8 Å². The summed E-state index contributed by atoms with van der Waals surface area (Å²) in [4.78, 5) is 130. The number of thiophene rings is 1. The standard InChI is InChI=1S/C46H50N8O6S.C42H49N7O5/c1-27(2)38(51-44(57)59-4)42(56)54-20-7-18-46(54,3)43-48-25-36(50-43)33-16-15-31-22-30(13-14-32(31)23-33)28-9-11-29(12-10-28)35-24-47-40(49-35)37-8-6-19-53(37)41(55)39(52-45(58)60-5)34-17-21-61-26-34;1-25(2)36(47-40(51)53-6)39(50)48-19-7-9-34(48)37-44-24-33(46-37)31-18-17-29-21-28(15-16-30(29)22-31)26-11-13-27(14-12-26)32-23-43-38(45-32)35-10-8-20-49(35)41(52)54-42(3,4)5/h9-17,21-27,37-39H,6-8,18-20H2,1-5H3,(H,47,49)(H,48,50)(H,51,57)(H,52,58);11-18,21-25,34-36H,7-10,19-20H2,1-6H3,(H,43,45)(H,44,46)(H,47,51)/t37-,38-,39?,46-;34-,35-,36-/m00/s1. The third-order valence-corrected chi connectivity index (χ3v) is 23.1. The van der Waals surface area contributed by atoms with Crippen LogP contribution in [0.25, 0.3) is 88.8 Å². The van der Waals surface area contributed by atoms with E-state index in [-0.39, 0.29) is 53.8 Å². The van der Waals surface area contributed by atoms with Crippen LogP contribution in [0.4, 0.5) is 19.2 Å². The Hall–Kier alpha value is -12.1. The molecule has 26 nitrogen and oxygen atoms in total. The van der Waals surface area contributed by atoms with Crippen LogP contribution in [0, 0.1) is 11.8 Å². The number of likely N-dealkylation sites (tertiary alicyclic amines) is 4. The van der Waals surface area contributed by atoms with E-state index in [2.05, 4.69) is 162 Å². The summed E-state index contributed by atoms with van der Waals surface area (Å²) in [6, 6.07) is 41.4. The van der Waals surface area contributed by atoms with E-state index in [4.69, 9.17) is 33.9 Å². The number of rotatable bonds is 19. The zero-order chi connectivity index (χ0) is 81.0. The molecular formula is C88H99N15O11S. The van der Waals surface area contributed by atoms with Crippen molar-refractivity contribution in [1.29, 1.82) is 0 Å². The number of aromatic nitrogens is 8. The fourth-order valence-corrected chi connectivity index (χ4v) is 16.9. The molecule has 9 heterocycles. The molecule has 1 unspecified atom stereocenters. The molecule has 15 rings (SSSR count). The summed E-state index contributed by atoms with van der Waals surface area (Å²) in [7, 11) is 3.87. The molecule has 4 fully saturated rings. The number of imidazole rings is 4. The number of alkyl carbamates (subject to hydrolysis) is 3. The predicted octanol–water partition coefficient (Wildman–Crippen LogP) is 16.7. The number of H-pyrrole nitrogens is 4. The second kappa shape index (κ2) is 33.9. The van der Waals surface area contributed by atoms with Gasteiger partial charge in [0.2, 0.25) is 11.8 Å². The van der Waals surface area contributed by atoms with Gasteiger partial charge in [-0.25, -0.2) is 39.1 Å². The number of hydrogen-bond acceptors (Lipinski definition) is 16. The molecule has 0 spiro atoms. The van der Waals surface area contributed by atoms with Gasteiger partial charge in [0.05, 0.1) is 92.6 Å². The van der Waals surface area contributed by atoms with E-state index >= 15 is 0 Å². The van der Waals surface area contributed by atoms with Gasteiger partial charge in [-0.1, -0.05) is 125 Å². The quantitative estimate of drug-likeness (QED) is 0.0370. The van der Waals surface area contributed by atoms with Crippen molar-refractivity contribution < 1.29 is 52.5 Å². The number of aromatic amines is 4. The molecule has 5 aromatic heterocycles. The fraction of sp³-hybridized carbons (Fsp3) is 0.375. The van der Waals surface area contributed by atoms with Crippen molar-refractivity contribution in [2.75, 3.05) is 47.5 Å². The maximum Gasteiger partial charge on any atom is 0.410 e. The molecule has 11 aromatic rings. The highest BCUT2D eigenvalue weighted by Gasteiger charge is 2.47. The Kier molecular flexibility index (Phi) is 23.4. The average Bonchev–Trinajstić information content (AvgIpc) is 1.54. The summed E-state index contributed by atoms with van der Waals surface area (Å²) >= 11 is 1.46. The lowest BCUT2D eigenvalue weighted by molar-refractivity contribution is -0.139. The molecular weight excluding hydrogens is 1480 g/mol. The van der Waals surface area contributed by atoms with E-state index in [1.807, 2.05) is 107 Å². The normalized spacial score (nSPS) is 18.3. The second-order valence-corrected chi connectivity index (χ2v) is 32.6. The van der Waals surface area contributed by atoms with Crippen molar-refractivity contribution in [1.82, 2.24) is 75.4 Å². The minimum absolute atomic E-state index is 0.0963. The SMILES string of the molecule is COC(=O)NC(C(=O)N1CCC[C@H]1c1ncc(-c2ccc(-c3ccc4cc(-c5cnc([C@]6(C)CCCN6C(=O)[C@@H](NC(=O)OC)C(C)C)[nH]5)ccc4c3)cc2)[nH]1)c1ccsc1.COC(=O)N[C@H](C(=O)N1CCC[C@H]1c1ncc(-c2ccc3cc(-c4ccc(-c5cnc([C@@H]6CCCN6C(=O)OC(C)(C)C)[nH]5)cc4)ccc3c2)[nH]1)C(C)C. The van der Waals surface area contributed by atoms with Crippen molar-refractivity contribution in [3.63, 3.8) is 0 Å². The average molecular weight is 1570 g/mol. The lowest BCUT2D eigenvalue weighted by Gasteiger charge is -2.37. The first-order valence-corrected chi connectivity index (χ1v) is 40.3. The first-order valence-electron chi connectivity index (χ1n) is 39.3. The molecule has 7 amide bonds. The third kappa shape index (κ3) is 17.2. The number of benzene rings is 6. The maximum atomic E-state index is 13.8. The van der Waals surface area contributed by atoms with Gasteiger partial charge in [-0.2, -0.15) is 11.3 Å². The first kappa shape index (κ1) is 79.5. The van der Waals surface area contributed by atoms with Crippen molar-refractivity contribution in [2.45, 2.75) is 154 Å². The Balaban J connectivity index is 0.000000191. The fourth-order valence-electron chi connectivity index (χ4n) is 16.2. The summed E-state index contributed by atoms with van der Waals surface area (Å²) in [6.07, 6.45) is 11.7. The van der Waals surface area contributed by atoms with Gasteiger partial charge in [-0.3, -0.25) is 19.3 Å². The van der Waals surface area contributed by atoms with Gasteiger partial charge in [-0.15, -0.1) is 0 Å². The van der Waals surface area contributed by atoms with Gasteiger partial charge in [-0.05, 0) is 192 Å². The Morgan fingerprint density at radius 2 is 0.852 bits per heavy atom. The monoisotopic (exact) mass is 1570 g/mol. The molecule has 0 aliphatic carbocycles. The third-order valence-electron chi connectivity index (χ3n) is 22.4. The van der Waals surface area contributed by atoms with E-state index in [1.165, 1.54) is 32.7 Å². The van der Waals surface area contributed by atoms with Gasteiger partial charge in [0, 0.05) is 37.3 Å². The van der Waals surface area contributed by atoms with Gasteiger partial charge >= 0.3 is 24.4 Å². The molecule has 6 aromatic carbocycles. The summed E-state index contributed by atoms with van der Waals surface area (Å²) in [5, 5.41) is 16.3. The Bertz CT molecular complexity index is 5350. The number of carbonyl (C=O) groups is 7. The summed E-state index contributed by atoms with van der Waals surface area (Å²) in [6.45, 7) is 17.7. The van der Waals surface area contributed by atoms with Crippen LogP contribution in [0.3, 0.4) is 0 Å². The van der Waals surface area contributed by atoms with Crippen LogP contribution in [0.5, 0.6) is 0 Å². The highest BCUT2D eigenvalue weighted by Crippen LogP contribution is 2.42. The van der Waals surface area contributed by atoms with Crippen molar-refractivity contribution >= 4 is 75.0 Å². The minimum Gasteiger partial charge on any atom is -0.453 e. The number of methoxy groups -OCH3 is 3. The molecule has 27 heteroatoms. The molecule has 598 valence electrons.